The topological polar surface area (TPSA) is 83.7 Å². The molecule has 2 aromatic rings. The summed E-state index contributed by atoms with van der Waals surface area (Å²) < 4.78 is 32.0. The van der Waals surface area contributed by atoms with Gasteiger partial charge in [-0.1, -0.05) is 21.1 Å². The standard InChI is InChI=1S/C16H20BrN3O4S/c1-11-15(12(2)24-18-11)9-19(3)16(21)10-20(4)25(22,23)14-7-5-13(17)6-8-14/h5-8H,9-10H2,1-4H3. The molecule has 0 aliphatic heterocycles. The molecule has 0 aliphatic rings. The van der Waals surface area contributed by atoms with Crippen LogP contribution in [0.4, 0.5) is 0 Å². The third-order valence-electron chi connectivity index (χ3n) is 3.88. The molecule has 136 valence electrons. The van der Waals surface area contributed by atoms with Crippen LogP contribution < -0.4 is 0 Å². The SMILES string of the molecule is Cc1noc(C)c1CN(C)C(=O)CN(C)S(=O)(=O)c1ccc(Br)cc1. The van der Waals surface area contributed by atoms with E-state index in [1.807, 2.05) is 0 Å². The maximum atomic E-state index is 12.5. The molecule has 0 saturated carbocycles. The quantitative estimate of drug-likeness (QED) is 0.703. The van der Waals surface area contributed by atoms with Gasteiger partial charge in [-0.3, -0.25) is 4.79 Å². The number of nitrogens with zero attached hydrogens (tertiary/aromatic N) is 3. The van der Waals surface area contributed by atoms with Crippen LogP contribution in [0, 0.1) is 13.8 Å². The van der Waals surface area contributed by atoms with Crippen molar-refractivity contribution in [1.82, 2.24) is 14.4 Å². The van der Waals surface area contributed by atoms with Crippen molar-refractivity contribution in [3.05, 3.63) is 45.8 Å². The zero-order valence-corrected chi connectivity index (χ0v) is 16.9. The second kappa shape index (κ2) is 7.67. The van der Waals surface area contributed by atoms with Crippen molar-refractivity contribution in [2.75, 3.05) is 20.6 Å². The van der Waals surface area contributed by atoms with E-state index in [4.69, 9.17) is 4.52 Å². The fourth-order valence-corrected chi connectivity index (χ4v) is 3.62. The first kappa shape index (κ1) is 19.6. The summed E-state index contributed by atoms with van der Waals surface area (Å²) in [6.45, 7) is 3.64. The van der Waals surface area contributed by atoms with Crippen molar-refractivity contribution in [3.8, 4) is 0 Å². The zero-order chi connectivity index (χ0) is 18.8. The van der Waals surface area contributed by atoms with E-state index in [0.717, 1.165) is 14.3 Å². The molecular weight excluding hydrogens is 410 g/mol. The molecule has 0 unspecified atom stereocenters. The van der Waals surface area contributed by atoms with Crippen molar-refractivity contribution in [3.63, 3.8) is 0 Å². The predicted octanol–water partition coefficient (Wildman–Crippen LogP) is 2.33. The van der Waals surface area contributed by atoms with Crippen molar-refractivity contribution in [2.45, 2.75) is 25.3 Å². The molecule has 0 aliphatic carbocycles. The molecule has 9 heteroatoms. The Morgan fingerprint density at radius 1 is 1.20 bits per heavy atom. The smallest absolute Gasteiger partial charge is 0.243 e. The average Bonchev–Trinajstić information content (AvgIpc) is 2.87. The maximum Gasteiger partial charge on any atom is 0.243 e. The van der Waals surface area contributed by atoms with Gasteiger partial charge in [-0.25, -0.2) is 8.42 Å². The van der Waals surface area contributed by atoms with Gasteiger partial charge in [0, 0.05) is 24.1 Å². The molecular formula is C16H20BrN3O4S. The summed E-state index contributed by atoms with van der Waals surface area (Å²) in [6.07, 6.45) is 0. The summed E-state index contributed by atoms with van der Waals surface area (Å²) >= 11 is 3.27. The molecule has 1 amide bonds. The fourth-order valence-electron chi connectivity index (χ4n) is 2.24. The molecule has 0 fully saturated rings. The first-order valence-electron chi connectivity index (χ1n) is 7.50. The minimum Gasteiger partial charge on any atom is -0.361 e. The number of carbonyl (C=O) groups excluding carboxylic acids is 1. The Bertz CT molecular complexity index is 843. The Kier molecular flexibility index (Phi) is 6.02. The Morgan fingerprint density at radius 3 is 2.32 bits per heavy atom. The number of sulfonamides is 1. The van der Waals surface area contributed by atoms with E-state index in [1.165, 1.54) is 24.1 Å². The number of rotatable bonds is 6. The maximum absolute atomic E-state index is 12.5. The third kappa shape index (κ3) is 4.47. The van der Waals surface area contributed by atoms with Gasteiger partial charge in [0.15, 0.2) is 0 Å². The number of hydrogen-bond acceptors (Lipinski definition) is 5. The van der Waals surface area contributed by atoms with Crippen LogP contribution in [-0.2, 0) is 21.4 Å². The van der Waals surface area contributed by atoms with Crippen LogP contribution in [0.3, 0.4) is 0 Å². The molecule has 2 rings (SSSR count). The van der Waals surface area contributed by atoms with Gasteiger partial charge in [-0.05, 0) is 38.1 Å². The number of halogens is 1. The lowest BCUT2D eigenvalue weighted by Crippen LogP contribution is -2.39. The lowest BCUT2D eigenvalue weighted by atomic mass is 10.2. The molecule has 7 nitrogen and oxygen atoms in total. The lowest BCUT2D eigenvalue weighted by Gasteiger charge is -2.22. The van der Waals surface area contributed by atoms with Gasteiger partial charge in [0.05, 0.1) is 23.7 Å². The van der Waals surface area contributed by atoms with E-state index in [0.29, 0.717) is 18.0 Å². The number of aromatic nitrogens is 1. The highest BCUT2D eigenvalue weighted by Crippen LogP contribution is 2.18. The van der Waals surface area contributed by atoms with Crippen LogP contribution in [0.5, 0.6) is 0 Å². The summed E-state index contributed by atoms with van der Waals surface area (Å²) in [7, 11) is -0.721. The van der Waals surface area contributed by atoms with E-state index in [1.54, 1.807) is 33.0 Å². The summed E-state index contributed by atoms with van der Waals surface area (Å²) in [6, 6.07) is 6.28. The van der Waals surface area contributed by atoms with Crippen LogP contribution >= 0.6 is 15.9 Å². The molecule has 0 bridgehead atoms. The second-order valence-electron chi connectivity index (χ2n) is 5.77. The van der Waals surface area contributed by atoms with Gasteiger partial charge in [0.2, 0.25) is 15.9 Å². The van der Waals surface area contributed by atoms with Gasteiger partial charge < -0.3 is 9.42 Å². The highest BCUT2D eigenvalue weighted by Gasteiger charge is 2.25. The third-order valence-corrected chi connectivity index (χ3v) is 6.23. The average molecular weight is 430 g/mol. The van der Waals surface area contributed by atoms with Crippen LogP contribution in [0.2, 0.25) is 0 Å². The van der Waals surface area contributed by atoms with Gasteiger partial charge in [-0.15, -0.1) is 0 Å². The molecule has 0 spiro atoms. The van der Waals surface area contributed by atoms with Crippen LogP contribution in [0.1, 0.15) is 17.0 Å². The zero-order valence-electron chi connectivity index (χ0n) is 14.5. The summed E-state index contributed by atoms with van der Waals surface area (Å²) in [5.74, 6) is 0.330. The minimum atomic E-state index is -3.73. The van der Waals surface area contributed by atoms with Crippen molar-refractivity contribution in [1.29, 1.82) is 0 Å². The Labute approximate surface area is 155 Å². The largest absolute Gasteiger partial charge is 0.361 e. The molecule has 0 saturated heterocycles. The first-order chi connectivity index (χ1) is 11.6. The summed E-state index contributed by atoms with van der Waals surface area (Å²) in [5, 5.41) is 3.85. The predicted molar refractivity (Wildman–Crippen MR) is 96.4 cm³/mol. The van der Waals surface area contributed by atoms with Gasteiger partial charge in [0.1, 0.15) is 5.76 Å². The molecule has 0 atom stereocenters. The Morgan fingerprint density at radius 2 is 1.80 bits per heavy atom. The van der Waals surface area contributed by atoms with Gasteiger partial charge in [-0.2, -0.15) is 4.31 Å². The molecule has 0 N–H and O–H groups in total. The minimum absolute atomic E-state index is 0.138. The van der Waals surface area contributed by atoms with Gasteiger partial charge >= 0.3 is 0 Å². The number of benzene rings is 1. The first-order valence-corrected chi connectivity index (χ1v) is 9.74. The summed E-state index contributed by atoms with van der Waals surface area (Å²) in [5.41, 5.74) is 1.54. The second-order valence-corrected chi connectivity index (χ2v) is 8.73. The molecule has 1 aromatic carbocycles. The monoisotopic (exact) mass is 429 g/mol. The molecule has 25 heavy (non-hydrogen) atoms. The molecule has 0 radical (unpaired) electrons. The van der Waals surface area contributed by atoms with Crippen molar-refractivity contribution >= 4 is 31.9 Å². The molecule has 1 heterocycles. The summed E-state index contributed by atoms with van der Waals surface area (Å²) in [4.78, 5) is 14.0. The highest BCUT2D eigenvalue weighted by molar-refractivity contribution is 9.10. The van der Waals surface area contributed by atoms with Crippen LogP contribution in [0.15, 0.2) is 38.2 Å². The van der Waals surface area contributed by atoms with Gasteiger partial charge in [0.25, 0.3) is 0 Å². The van der Waals surface area contributed by atoms with E-state index in [-0.39, 0.29) is 17.3 Å². The van der Waals surface area contributed by atoms with Crippen LogP contribution in [-0.4, -0.2) is 49.3 Å². The highest BCUT2D eigenvalue weighted by atomic mass is 79.9. The molecule has 1 aromatic heterocycles. The number of amides is 1. The number of likely N-dealkylation sites (N-methyl/N-ethyl adjacent to an activating group) is 2. The van der Waals surface area contributed by atoms with Crippen molar-refractivity contribution < 1.29 is 17.7 Å². The normalized spacial score (nSPS) is 11.8. The van der Waals surface area contributed by atoms with E-state index >= 15 is 0 Å². The van der Waals surface area contributed by atoms with E-state index in [9.17, 15) is 13.2 Å². The van der Waals surface area contributed by atoms with Crippen LogP contribution in [0.25, 0.3) is 0 Å². The Balaban J connectivity index is 2.07. The number of carbonyl (C=O) groups is 1. The fraction of sp³-hybridized carbons (Fsp3) is 0.375. The number of aryl methyl sites for hydroxylation is 2. The van der Waals surface area contributed by atoms with E-state index < -0.39 is 10.0 Å². The Hall–Kier alpha value is -1.71. The van der Waals surface area contributed by atoms with Crippen molar-refractivity contribution in [2.24, 2.45) is 0 Å². The number of hydrogen-bond donors (Lipinski definition) is 0. The lowest BCUT2D eigenvalue weighted by molar-refractivity contribution is -0.130. The van der Waals surface area contributed by atoms with E-state index in [2.05, 4.69) is 21.1 Å².